The Morgan fingerprint density at radius 2 is 1.49 bits per heavy atom. The molecule has 2 aliphatic heterocycles. The normalized spacial score (nSPS) is 26.9. The molecule has 3 fully saturated rings. The van der Waals surface area contributed by atoms with Gasteiger partial charge in [-0.3, -0.25) is 28.9 Å². The second-order valence-electron chi connectivity index (χ2n) is 13.7. The minimum atomic E-state index is -1.44. The molecule has 4 aliphatic rings. The Kier molecular flexibility index (Phi) is 7.77. The van der Waals surface area contributed by atoms with Crippen molar-refractivity contribution in [1.82, 2.24) is 0 Å². The molecule has 4 aromatic rings. The smallest absolute Gasteiger partial charge is 0.241 e. The number of ketones is 1. The molecule has 2 aliphatic carbocycles. The number of benzene rings is 4. The fourth-order valence-corrected chi connectivity index (χ4v) is 9.11. The third-order valence-corrected chi connectivity index (χ3v) is 11.7. The van der Waals surface area contributed by atoms with Gasteiger partial charge < -0.3 is 5.11 Å². The fourth-order valence-electron chi connectivity index (χ4n) is 8.76. The molecule has 0 aromatic heterocycles. The predicted octanol–water partition coefficient (Wildman–Crippen LogP) is 7.50. The van der Waals surface area contributed by atoms with Gasteiger partial charge in [0.15, 0.2) is 5.78 Å². The van der Waals surface area contributed by atoms with E-state index in [1.54, 1.807) is 61.5 Å². The molecule has 8 nitrogen and oxygen atoms in total. The van der Waals surface area contributed by atoms with E-state index in [-0.39, 0.29) is 35.1 Å². The second-order valence-corrected chi connectivity index (χ2v) is 14.6. The molecule has 0 radical (unpaired) electrons. The van der Waals surface area contributed by atoms with Crippen molar-refractivity contribution in [1.29, 1.82) is 0 Å². The molecule has 1 saturated carbocycles. The molecule has 4 amide bonds. The van der Waals surface area contributed by atoms with Gasteiger partial charge >= 0.3 is 0 Å². The summed E-state index contributed by atoms with van der Waals surface area (Å²) in [4.78, 5) is 72.5. The van der Waals surface area contributed by atoms with Crippen molar-refractivity contribution in [3.8, 4) is 5.75 Å². The van der Waals surface area contributed by atoms with Gasteiger partial charge in [-0.25, -0.2) is 9.29 Å². The summed E-state index contributed by atoms with van der Waals surface area (Å²) in [7, 11) is 0. The van der Waals surface area contributed by atoms with Crippen LogP contribution in [0.5, 0.6) is 5.75 Å². The Labute approximate surface area is 302 Å². The first kappa shape index (κ1) is 33.0. The number of amides is 4. The van der Waals surface area contributed by atoms with E-state index in [1.165, 1.54) is 24.3 Å². The Hall–Kier alpha value is -5.12. The zero-order chi connectivity index (χ0) is 35.9. The number of carbonyl (C=O) groups is 5. The lowest BCUT2D eigenvalue weighted by atomic mass is 9.51. The highest BCUT2D eigenvalue weighted by Gasteiger charge is 2.68. The predicted molar refractivity (Wildman–Crippen MR) is 188 cm³/mol. The van der Waals surface area contributed by atoms with E-state index in [1.807, 2.05) is 12.1 Å². The van der Waals surface area contributed by atoms with Gasteiger partial charge in [-0.05, 0) is 86.3 Å². The summed E-state index contributed by atoms with van der Waals surface area (Å²) in [5.41, 5.74) is 0.870. The quantitative estimate of drug-likeness (QED) is 0.130. The summed E-state index contributed by atoms with van der Waals surface area (Å²) >= 11 is 12.5. The number of halogens is 3. The SMILES string of the molecule is CC12C(=O)N(c3ccc(F)c(Cl)c3)C(=O)C1CC1C(=CCC3C(=O)N(c4ccc(C(=O)c5ccccc5)cc4)C(=O)C31)C2c1cc(Cl)ccc1O. The minimum absolute atomic E-state index is 0.0781. The first-order valence-corrected chi connectivity index (χ1v) is 17.3. The van der Waals surface area contributed by atoms with E-state index in [2.05, 4.69) is 0 Å². The number of hydrogen-bond acceptors (Lipinski definition) is 6. The maximum absolute atomic E-state index is 14.5. The molecule has 1 N–H and O–H groups in total. The van der Waals surface area contributed by atoms with Gasteiger partial charge in [0.2, 0.25) is 23.6 Å². The lowest BCUT2D eigenvalue weighted by Crippen LogP contribution is -2.48. The van der Waals surface area contributed by atoms with Gasteiger partial charge in [-0.1, -0.05) is 65.2 Å². The van der Waals surface area contributed by atoms with Crippen molar-refractivity contribution in [3.05, 3.63) is 135 Å². The number of anilines is 2. The van der Waals surface area contributed by atoms with Crippen LogP contribution in [0, 0.1) is 34.9 Å². The number of carbonyl (C=O) groups excluding carboxylic acids is 5. The van der Waals surface area contributed by atoms with Crippen LogP contribution in [0.4, 0.5) is 15.8 Å². The summed E-state index contributed by atoms with van der Waals surface area (Å²) < 4.78 is 14.1. The van der Waals surface area contributed by atoms with Crippen LogP contribution >= 0.6 is 23.2 Å². The second kappa shape index (κ2) is 12.0. The van der Waals surface area contributed by atoms with Crippen LogP contribution in [0.3, 0.4) is 0 Å². The highest BCUT2D eigenvalue weighted by molar-refractivity contribution is 6.32. The Morgan fingerprint density at radius 1 is 0.804 bits per heavy atom. The maximum Gasteiger partial charge on any atom is 0.241 e. The number of aromatic hydroxyl groups is 1. The summed E-state index contributed by atoms with van der Waals surface area (Å²) in [6.07, 6.45) is 2.14. The first-order chi connectivity index (χ1) is 24.4. The summed E-state index contributed by atoms with van der Waals surface area (Å²) in [6, 6.07) is 23.2. The number of nitrogens with zero attached hydrogens (tertiary/aromatic N) is 2. The number of allylic oxidation sites excluding steroid dienone is 2. The average molecular weight is 724 g/mol. The van der Waals surface area contributed by atoms with E-state index in [0.29, 0.717) is 33.0 Å². The number of phenolic OH excluding ortho intramolecular Hbond substituents is 1. The zero-order valence-corrected chi connectivity index (χ0v) is 28.6. The molecular formula is C40H29Cl2FN2O6. The van der Waals surface area contributed by atoms with Crippen molar-refractivity contribution < 1.29 is 33.5 Å². The lowest BCUT2D eigenvalue weighted by molar-refractivity contribution is -0.131. The summed E-state index contributed by atoms with van der Waals surface area (Å²) in [6.45, 7) is 1.67. The molecule has 6 atom stereocenters. The zero-order valence-electron chi connectivity index (χ0n) is 27.1. The van der Waals surface area contributed by atoms with Crippen LogP contribution in [0.1, 0.15) is 47.2 Å². The van der Waals surface area contributed by atoms with Gasteiger partial charge in [0, 0.05) is 27.6 Å². The van der Waals surface area contributed by atoms with E-state index in [4.69, 9.17) is 23.2 Å². The van der Waals surface area contributed by atoms with Gasteiger partial charge in [0.05, 0.1) is 39.6 Å². The average Bonchev–Trinajstić information content (AvgIpc) is 3.50. The summed E-state index contributed by atoms with van der Waals surface area (Å²) in [5.74, 6) is -7.09. The van der Waals surface area contributed by atoms with Crippen molar-refractivity contribution in [2.45, 2.75) is 25.7 Å². The van der Waals surface area contributed by atoms with Crippen molar-refractivity contribution in [2.24, 2.45) is 29.1 Å². The lowest BCUT2D eigenvalue weighted by Gasteiger charge is -2.49. The molecule has 2 heterocycles. The highest BCUT2D eigenvalue weighted by Crippen LogP contribution is 2.64. The standard InChI is InChI=1S/C40H29Cl2FN2O6/c1-40-29(37(49)45(39(40)51)24-12-15-31(43)30(42)18-24)19-27-25(34(40)28-17-22(41)9-16-32(28)46)13-14-26-33(27)38(50)44(36(26)48)23-10-7-21(8-11-23)35(47)20-5-3-2-4-6-20/h2-13,15-18,26-27,29,33-34,46H,14,19H2,1H3. The van der Waals surface area contributed by atoms with Crippen LogP contribution in [-0.4, -0.2) is 34.5 Å². The monoisotopic (exact) mass is 722 g/mol. The van der Waals surface area contributed by atoms with E-state index in [0.717, 1.165) is 15.9 Å². The molecule has 8 rings (SSSR count). The third kappa shape index (κ3) is 4.89. The Morgan fingerprint density at radius 3 is 2.20 bits per heavy atom. The minimum Gasteiger partial charge on any atom is -0.508 e. The third-order valence-electron chi connectivity index (χ3n) is 11.2. The van der Waals surface area contributed by atoms with Crippen LogP contribution in [0.2, 0.25) is 10.0 Å². The number of rotatable bonds is 5. The van der Waals surface area contributed by atoms with Crippen molar-refractivity contribution >= 4 is 64.0 Å². The number of phenols is 1. The molecule has 6 unspecified atom stereocenters. The van der Waals surface area contributed by atoms with Crippen LogP contribution in [-0.2, 0) is 19.2 Å². The van der Waals surface area contributed by atoms with Gasteiger partial charge in [-0.15, -0.1) is 0 Å². The Balaban J connectivity index is 1.19. The topological polar surface area (TPSA) is 112 Å². The van der Waals surface area contributed by atoms with Crippen LogP contribution in [0.15, 0.2) is 103 Å². The van der Waals surface area contributed by atoms with Gasteiger partial charge in [-0.2, -0.15) is 0 Å². The van der Waals surface area contributed by atoms with Gasteiger partial charge in [0.1, 0.15) is 11.6 Å². The molecule has 11 heteroatoms. The molecule has 0 spiro atoms. The molecule has 51 heavy (non-hydrogen) atoms. The number of imide groups is 2. The highest BCUT2D eigenvalue weighted by atomic mass is 35.5. The van der Waals surface area contributed by atoms with Crippen LogP contribution in [0.25, 0.3) is 0 Å². The summed E-state index contributed by atoms with van der Waals surface area (Å²) in [5, 5.41) is 11.2. The van der Waals surface area contributed by atoms with Crippen molar-refractivity contribution in [2.75, 3.05) is 9.80 Å². The first-order valence-electron chi connectivity index (χ1n) is 16.5. The molecule has 4 aromatic carbocycles. The van der Waals surface area contributed by atoms with E-state index in [9.17, 15) is 33.5 Å². The molecular weight excluding hydrogens is 694 g/mol. The fraction of sp³-hybridized carbons (Fsp3) is 0.225. The Bertz CT molecular complexity index is 2220. The largest absolute Gasteiger partial charge is 0.508 e. The molecule has 256 valence electrons. The van der Waals surface area contributed by atoms with Crippen LogP contribution < -0.4 is 9.80 Å². The van der Waals surface area contributed by atoms with E-state index < -0.39 is 64.5 Å². The molecule has 0 bridgehead atoms. The molecule has 2 saturated heterocycles. The van der Waals surface area contributed by atoms with E-state index >= 15 is 0 Å². The maximum atomic E-state index is 14.5. The number of hydrogen-bond donors (Lipinski definition) is 1. The number of fused-ring (bicyclic) bond motifs is 4. The van der Waals surface area contributed by atoms with Crippen molar-refractivity contribution in [3.63, 3.8) is 0 Å². The van der Waals surface area contributed by atoms with Gasteiger partial charge in [0.25, 0.3) is 0 Å².